The third kappa shape index (κ3) is 3.27. The maximum atomic E-state index is 4.20. The molecule has 0 unspecified atom stereocenters. The zero-order valence-corrected chi connectivity index (χ0v) is 18.3. The summed E-state index contributed by atoms with van der Waals surface area (Å²) in [6.07, 6.45) is 12.2. The first-order valence-electron chi connectivity index (χ1n) is 11.4. The number of fused-ring (bicyclic) bond motifs is 3. The normalized spacial score (nSPS) is 13.6. The lowest BCUT2D eigenvalue weighted by atomic mass is 9.71. The van der Waals surface area contributed by atoms with Crippen molar-refractivity contribution in [3.8, 4) is 33.4 Å². The van der Waals surface area contributed by atoms with E-state index >= 15 is 0 Å². The molecule has 0 amide bonds. The van der Waals surface area contributed by atoms with Crippen molar-refractivity contribution in [1.82, 2.24) is 9.97 Å². The zero-order valence-electron chi connectivity index (χ0n) is 18.3. The van der Waals surface area contributed by atoms with Gasteiger partial charge >= 0.3 is 0 Å². The SMILES string of the molecule is CCCC1(CCC)c2cc(-c3ccncc3)ccc2-c2ccc(-c3ccncc3)cc21. The number of hydrogen-bond acceptors (Lipinski definition) is 2. The Balaban J connectivity index is 1.72. The van der Waals surface area contributed by atoms with Crippen LogP contribution in [0.1, 0.15) is 50.7 Å². The van der Waals surface area contributed by atoms with Gasteiger partial charge in [0.15, 0.2) is 0 Å². The van der Waals surface area contributed by atoms with Crippen molar-refractivity contribution in [1.29, 1.82) is 0 Å². The van der Waals surface area contributed by atoms with Crippen LogP contribution in [0.25, 0.3) is 33.4 Å². The van der Waals surface area contributed by atoms with Gasteiger partial charge in [0.05, 0.1) is 0 Å². The smallest absolute Gasteiger partial charge is 0.0273 e. The van der Waals surface area contributed by atoms with Gasteiger partial charge in [-0.05, 0) is 93.7 Å². The van der Waals surface area contributed by atoms with Crippen LogP contribution in [-0.2, 0) is 5.41 Å². The van der Waals surface area contributed by atoms with Crippen LogP contribution in [0.3, 0.4) is 0 Å². The summed E-state index contributed by atoms with van der Waals surface area (Å²) in [4.78, 5) is 8.39. The van der Waals surface area contributed by atoms with Crippen molar-refractivity contribution in [3.05, 3.63) is 96.6 Å². The minimum absolute atomic E-state index is 0.0697. The standard InChI is InChI=1S/C29H28N2/c1-3-13-29(14-4-2)27-19-23(21-9-15-30-16-10-21)5-7-25(27)26-8-6-24(20-28(26)29)22-11-17-31-18-12-22/h5-12,15-20H,3-4,13-14H2,1-2H3. The summed E-state index contributed by atoms with van der Waals surface area (Å²) in [5.74, 6) is 0. The predicted molar refractivity (Wildman–Crippen MR) is 129 cm³/mol. The Hall–Kier alpha value is -3.26. The monoisotopic (exact) mass is 404 g/mol. The molecule has 0 radical (unpaired) electrons. The Morgan fingerprint density at radius 3 is 1.35 bits per heavy atom. The van der Waals surface area contributed by atoms with Gasteiger partial charge in [-0.2, -0.15) is 0 Å². The molecule has 1 aliphatic carbocycles. The average Bonchev–Trinajstić information content (AvgIpc) is 3.09. The summed E-state index contributed by atoms with van der Waals surface area (Å²) in [5, 5.41) is 0. The van der Waals surface area contributed by atoms with E-state index in [1.807, 2.05) is 24.8 Å². The van der Waals surface area contributed by atoms with Gasteiger partial charge in [-0.25, -0.2) is 0 Å². The van der Waals surface area contributed by atoms with Gasteiger partial charge in [0.2, 0.25) is 0 Å². The van der Waals surface area contributed by atoms with Gasteiger partial charge in [0.25, 0.3) is 0 Å². The maximum absolute atomic E-state index is 4.20. The van der Waals surface area contributed by atoms with Gasteiger partial charge in [-0.1, -0.05) is 51.0 Å². The molecular formula is C29H28N2. The van der Waals surface area contributed by atoms with E-state index in [1.165, 1.54) is 57.3 Å². The number of rotatable bonds is 6. The summed E-state index contributed by atoms with van der Waals surface area (Å²) in [7, 11) is 0. The third-order valence-corrected chi connectivity index (χ3v) is 6.74. The maximum Gasteiger partial charge on any atom is 0.0273 e. The highest BCUT2D eigenvalue weighted by molar-refractivity contribution is 5.86. The lowest BCUT2D eigenvalue weighted by molar-refractivity contribution is 0.436. The average molecular weight is 405 g/mol. The van der Waals surface area contributed by atoms with Crippen molar-refractivity contribution in [2.75, 3.05) is 0 Å². The Kier molecular flexibility index (Phi) is 5.15. The molecule has 5 rings (SSSR count). The van der Waals surface area contributed by atoms with Crippen LogP contribution in [0.2, 0.25) is 0 Å². The molecule has 154 valence electrons. The fourth-order valence-electron chi connectivity index (χ4n) is 5.46. The molecule has 0 atom stereocenters. The van der Waals surface area contributed by atoms with E-state index in [9.17, 15) is 0 Å². The fraction of sp³-hybridized carbons (Fsp3) is 0.241. The molecule has 0 fully saturated rings. The molecule has 31 heavy (non-hydrogen) atoms. The molecule has 0 bridgehead atoms. The summed E-state index contributed by atoms with van der Waals surface area (Å²) in [6, 6.07) is 22.5. The molecule has 1 aliphatic rings. The Bertz CT molecular complexity index is 1100. The minimum atomic E-state index is 0.0697. The first kappa shape index (κ1) is 19.7. The fourth-order valence-corrected chi connectivity index (χ4v) is 5.46. The van der Waals surface area contributed by atoms with Gasteiger partial charge in [0.1, 0.15) is 0 Å². The molecule has 0 saturated heterocycles. The highest BCUT2D eigenvalue weighted by Gasteiger charge is 2.42. The molecule has 2 aromatic heterocycles. The summed E-state index contributed by atoms with van der Waals surface area (Å²) < 4.78 is 0. The molecule has 0 N–H and O–H groups in total. The van der Waals surface area contributed by atoms with Crippen LogP contribution in [0.5, 0.6) is 0 Å². The van der Waals surface area contributed by atoms with Gasteiger partial charge in [-0.15, -0.1) is 0 Å². The second kappa shape index (κ2) is 8.11. The number of aromatic nitrogens is 2. The Morgan fingerprint density at radius 2 is 0.968 bits per heavy atom. The highest BCUT2D eigenvalue weighted by Crippen LogP contribution is 2.55. The van der Waals surface area contributed by atoms with Crippen LogP contribution in [0.15, 0.2) is 85.5 Å². The topological polar surface area (TPSA) is 25.8 Å². The molecule has 2 heteroatoms. The molecule has 2 nitrogen and oxygen atoms in total. The number of benzene rings is 2. The van der Waals surface area contributed by atoms with Gasteiger partial charge in [0, 0.05) is 30.2 Å². The van der Waals surface area contributed by atoms with E-state index in [1.54, 1.807) is 0 Å². The van der Waals surface area contributed by atoms with Crippen LogP contribution in [-0.4, -0.2) is 9.97 Å². The molecule has 2 aromatic carbocycles. The van der Waals surface area contributed by atoms with E-state index in [0.29, 0.717) is 0 Å². The lowest BCUT2D eigenvalue weighted by Gasteiger charge is -2.32. The molecule has 2 heterocycles. The van der Waals surface area contributed by atoms with Crippen molar-refractivity contribution in [3.63, 3.8) is 0 Å². The van der Waals surface area contributed by atoms with E-state index in [0.717, 1.165) is 12.8 Å². The van der Waals surface area contributed by atoms with E-state index in [4.69, 9.17) is 0 Å². The molecule has 4 aromatic rings. The third-order valence-electron chi connectivity index (χ3n) is 6.74. The number of hydrogen-bond donors (Lipinski definition) is 0. The van der Waals surface area contributed by atoms with Crippen LogP contribution < -0.4 is 0 Å². The molecule has 0 spiro atoms. The molecule has 0 saturated carbocycles. The predicted octanol–water partition coefficient (Wildman–Crippen LogP) is 7.68. The Morgan fingerprint density at radius 1 is 0.548 bits per heavy atom. The minimum Gasteiger partial charge on any atom is -0.265 e. The molecular weight excluding hydrogens is 376 g/mol. The largest absolute Gasteiger partial charge is 0.265 e. The second-order valence-corrected chi connectivity index (χ2v) is 8.57. The van der Waals surface area contributed by atoms with Crippen LogP contribution in [0, 0.1) is 0 Å². The van der Waals surface area contributed by atoms with Crippen molar-refractivity contribution in [2.24, 2.45) is 0 Å². The van der Waals surface area contributed by atoms with Gasteiger partial charge in [-0.3, -0.25) is 9.97 Å². The first-order chi connectivity index (χ1) is 15.3. The van der Waals surface area contributed by atoms with E-state index in [-0.39, 0.29) is 5.41 Å². The quantitative estimate of drug-likeness (QED) is 0.329. The van der Waals surface area contributed by atoms with Crippen molar-refractivity contribution >= 4 is 0 Å². The van der Waals surface area contributed by atoms with Crippen LogP contribution in [0.4, 0.5) is 0 Å². The zero-order chi connectivity index (χ0) is 21.3. The Labute approximate surface area is 185 Å². The van der Waals surface area contributed by atoms with Gasteiger partial charge < -0.3 is 0 Å². The second-order valence-electron chi connectivity index (χ2n) is 8.57. The summed E-state index contributed by atoms with van der Waals surface area (Å²) in [5.41, 5.74) is 10.9. The number of nitrogens with zero attached hydrogens (tertiary/aromatic N) is 2. The summed E-state index contributed by atoms with van der Waals surface area (Å²) in [6.45, 7) is 4.63. The van der Waals surface area contributed by atoms with Crippen molar-refractivity contribution in [2.45, 2.75) is 44.9 Å². The highest BCUT2D eigenvalue weighted by atomic mass is 14.6. The van der Waals surface area contributed by atoms with Crippen molar-refractivity contribution < 1.29 is 0 Å². The number of pyridine rings is 2. The molecule has 0 aliphatic heterocycles. The van der Waals surface area contributed by atoms with Crippen LogP contribution >= 0.6 is 0 Å². The van der Waals surface area contributed by atoms with E-state index < -0.39 is 0 Å². The van der Waals surface area contributed by atoms with E-state index in [2.05, 4.69) is 84.5 Å². The lowest BCUT2D eigenvalue weighted by Crippen LogP contribution is -2.25. The summed E-state index contributed by atoms with van der Waals surface area (Å²) >= 11 is 0. The first-order valence-corrected chi connectivity index (χ1v) is 11.4.